The first-order valence-corrected chi connectivity index (χ1v) is 6.95. The summed E-state index contributed by atoms with van der Waals surface area (Å²) in [4.78, 5) is 16.0. The molecule has 0 aliphatic heterocycles. The number of aromatic amines is 1. The molecular weight excluding hydrogens is 242 g/mol. The van der Waals surface area contributed by atoms with Crippen molar-refractivity contribution in [3.05, 3.63) is 22.4 Å². The second-order valence-electron chi connectivity index (χ2n) is 5.24. The summed E-state index contributed by atoms with van der Waals surface area (Å²) in [5, 5.41) is 9.93. The topological polar surface area (TPSA) is 75.1 Å². The highest BCUT2D eigenvalue weighted by molar-refractivity contribution is 5.50. The molecule has 0 saturated heterocycles. The van der Waals surface area contributed by atoms with Crippen molar-refractivity contribution in [2.24, 2.45) is 0 Å². The first-order chi connectivity index (χ1) is 9.24. The molecule has 3 rings (SSSR count). The monoisotopic (exact) mass is 261 g/mol. The van der Waals surface area contributed by atoms with Crippen LogP contribution in [-0.4, -0.2) is 25.6 Å². The van der Waals surface area contributed by atoms with Crippen LogP contribution in [0.1, 0.15) is 44.3 Å². The van der Waals surface area contributed by atoms with Crippen molar-refractivity contribution in [2.75, 3.05) is 5.32 Å². The molecule has 6 heteroatoms. The van der Waals surface area contributed by atoms with Gasteiger partial charge in [0.25, 0.3) is 0 Å². The highest BCUT2D eigenvalue weighted by Gasteiger charge is 2.14. The Balaban J connectivity index is 1.86. The van der Waals surface area contributed by atoms with Crippen LogP contribution >= 0.6 is 0 Å². The molecule has 1 aliphatic carbocycles. The van der Waals surface area contributed by atoms with Crippen LogP contribution in [-0.2, 0) is 0 Å². The van der Waals surface area contributed by atoms with Crippen LogP contribution in [0.25, 0.3) is 5.65 Å². The second kappa shape index (κ2) is 5.03. The molecule has 0 atom stereocenters. The van der Waals surface area contributed by atoms with E-state index in [0.29, 0.717) is 17.5 Å². The van der Waals surface area contributed by atoms with Gasteiger partial charge in [0.2, 0.25) is 0 Å². The minimum atomic E-state index is -0.235. The summed E-state index contributed by atoms with van der Waals surface area (Å²) in [7, 11) is 0. The zero-order valence-electron chi connectivity index (χ0n) is 11.1. The number of nitrogens with one attached hydrogen (secondary N) is 2. The largest absolute Gasteiger partial charge is 0.367 e. The molecule has 0 bridgehead atoms. The molecule has 1 aliphatic rings. The Morgan fingerprint density at radius 2 is 2.05 bits per heavy atom. The molecule has 0 amide bonds. The molecule has 0 radical (unpaired) electrons. The zero-order chi connectivity index (χ0) is 13.2. The van der Waals surface area contributed by atoms with Gasteiger partial charge in [0.15, 0.2) is 5.65 Å². The minimum Gasteiger partial charge on any atom is -0.367 e. The Labute approximate surface area is 111 Å². The van der Waals surface area contributed by atoms with Crippen molar-refractivity contribution in [3.63, 3.8) is 0 Å². The molecule has 0 spiro atoms. The molecule has 2 aromatic rings. The van der Waals surface area contributed by atoms with Crippen LogP contribution in [0.5, 0.6) is 0 Å². The predicted octanol–water partition coefficient (Wildman–Crippen LogP) is 1.86. The van der Waals surface area contributed by atoms with E-state index in [2.05, 4.69) is 20.5 Å². The lowest BCUT2D eigenvalue weighted by atomic mass is 10.1. The summed E-state index contributed by atoms with van der Waals surface area (Å²) in [6.45, 7) is 1.82. The Bertz CT molecular complexity index is 621. The molecule has 2 aromatic heterocycles. The highest BCUT2D eigenvalue weighted by atomic mass is 16.1. The first kappa shape index (κ1) is 12.2. The lowest BCUT2D eigenvalue weighted by Gasteiger charge is -2.17. The fourth-order valence-corrected chi connectivity index (χ4v) is 2.80. The van der Waals surface area contributed by atoms with Gasteiger partial charge >= 0.3 is 5.69 Å². The number of nitrogens with zero attached hydrogens (tertiary/aromatic N) is 3. The standard InChI is InChI=1S/C13H19N5O/c1-9-14-11(8-12-16-17-13(19)18(9)12)15-10-6-4-2-3-5-7-10/h8,10,15H,2-7H2,1H3,(H,17,19). The van der Waals surface area contributed by atoms with E-state index in [-0.39, 0.29) is 5.69 Å². The van der Waals surface area contributed by atoms with Crippen molar-refractivity contribution < 1.29 is 0 Å². The van der Waals surface area contributed by atoms with E-state index >= 15 is 0 Å². The molecule has 102 valence electrons. The van der Waals surface area contributed by atoms with Gasteiger partial charge in [-0.1, -0.05) is 25.7 Å². The number of fused-ring (bicyclic) bond motifs is 1. The second-order valence-corrected chi connectivity index (χ2v) is 5.24. The van der Waals surface area contributed by atoms with E-state index in [1.807, 2.05) is 13.0 Å². The van der Waals surface area contributed by atoms with Gasteiger partial charge in [-0.05, 0) is 19.8 Å². The third kappa shape index (κ3) is 2.47. The van der Waals surface area contributed by atoms with Crippen LogP contribution in [0, 0.1) is 6.92 Å². The van der Waals surface area contributed by atoms with Crippen LogP contribution in [0.15, 0.2) is 10.9 Å². The summed E-state index contributed by atoms with van der Waals surface area (Å²) < 4.78 is 1.48. The van der Waals surface area contributed by atoms with E-state index in [1.165, 1.54) is 42.9 Å². The lowest BCUT2D eigenvalue weighted by Crippen LogP contribution is -2.20. The average Bonchev–Trinajstić information content (AvgIpc) is 2.61. The Hall–Kier alpha value is -1.85. The average molecular weight is 261 g/mol. The molecule has 19 heavy (non-hydrogen) atoms. The van der Waals surface area contributed by atoms with Gasteiger partial charge in [-0.3, -0.25) is 0 Å². The number of rotatable bonds is 2. The number of anilines is 1. The maximum absolute atomic E-state index is 11.5. The smallest absolute Gasteiger partial charge is 0.349 e. The van der Waals surface area contributed by atoms with Crippen LogP contribution in [0.4, 0.5) is 5.82 Å². The molecule has 2 heterocycles. The van der Waals surface area contributed by atoms with Crippen LogP contribution in [0.3, 0.4) is 0 Å². The predicted molar refractivity (Wildman–Crippen MR) is 73.5 cm³/mol. The third-order valence-electron chi connectivity index (χ3n) is 3.78. The van der Waals surface area contributed by atoms with Gasteiger partial charge in [0, 0.05) is 12.1 Å². The maximum Gasteiger partial charge on any atom is 0.349 e. The molecule has 6 nitrogen and oxygen atoms in total. The highest BCUT2D eigenvalue weighted by Crippen LogP contribution is 2.20. The van der Waals surface area contributed by atoms with Crippen molar-refractivity contribution >= 4 is 11.5 Å². The van der Waals surface area contributed by atoms with Crippen molar-refractivity contribution in [2.45, 2.75) is 51.5 Å². The summed E-state index contributed by atoms with van der Waals surface area (Å²) in [5.41, 5.74) is 0.384. The number of aryl methyl sites for hydroxylation is 1. The Morgan fingerprint density at radius 3 is 2.79 bits per heavy atom. The van der Waals surface area contributed by atoms with E-state index in [0.717, 1.165) is 5.82 Å². The Kier molecular flexibility index (Phi) is 3.23. The molecule has 1 fully saturated rings. The van der Waals surface area contributed by atoms with Gasteiger partial charge < -0.3 is 5.32 Å². The Morgan fingerprint density at radius 1 is 1.32 bits per heavy atom. The number of hydrogen-bond donors (Lipinski definition) is 2. The van der Waals surface area contributed by atoms with Gasteiger partial charge in [-0.15, -0.1) is 0 Å². The zero-order valence-corrected chi connectivity index (χ0v) is 11.1. The van der Waals surface area contributed by atoms with Crippen molar-refractivity contribution in [1.29, 1.82) is 0 Å². The lowest BCUT2D eigenvalue weighted by molar-refractivity contribution is 0.617. The maximum atomic E-state index is 11.5. The van der Waals surface area contributed by atoms with Crippen LogP contribution < -0.4 is 11.0 Å². The summed E-state index contributed by atoms with van der Waals surface area (Å²) >= 11 is 0. The van der Waals surface area contributed by atoms with Crippen molar-refractivity contribution in [3.8, 4) is 0 Å². The fourth-order valence-electron chi connectivity index (χ4n) is 2.80. The SMILES string of the molecule is Cc1nc(NC2CCCCCC2)cc2n[nH]c(=O)n12. The van der Waals surface area contributed by atoms with Crippen molar-refractivity contribution in [1.82, 2.24) is 19.6 Å². The van der Waals surface area contributed by atoms with Gasteiger partial charge in [-0.2, -0.15) is 5.10 Å². The molecule has 2 N–H and O–H groups in total. The molecular formula is C13H19N5O. The summed E-state index contributed by atoms with van der Waals surface area (Å²) in [6, 6.07) is 2.32. The number of H-pyrrole nitrogens is 1. The molecule has 0 unspecified atom stereocenters. The summed E-state index contributed by atoms with van der Waals surface area (Å²) in [6.07, 6.45) is 7.61. The number of hydrogen-bond acceptors (Lipinski definition) is 4. The van der Waals surface area contributed by atoms with Gasteiger partial charge in [0.1, 0.15) is 11.6 Å². The number of aromatic nitrogens is 4. The van der Waals surface area contributed by atoms with Gasteiger partial charge in [-0.25, -0.2) is 19.3 Å². The summed E-state index contributed by atoms with van der Waals surface area (Å²) in [5.74, 6) is 1.48. The van der Waals surface area contributed by atoms with E-state index < -0.39 is 0 Å². The minimum absolute atomic E-state index is 0.235. The molecule has 1 saturated carbocycles. The third-order valence-corrected chi connectivity index (χ3v) is 3.78. The normalized spacial score (nSPS) is 17.5. The quantitative estimate of drug-likeness (QED) is 0.809. The van der Waals surface area contributed by atoms with Gasteiger partial charge in [0.05, 0.1) is 0 Å². The van der Waals surface area contributed by atoms with E-state index in [4.69, 9.17) is 0 Å². The fraction of sp³-hybridized carbons (Fsp3) is 0.615. The van der Waals surface area contributed by atoms with E-state index in [1.54, 1.807) is 0 Å². The van der Waals surface area contributed by atoms with E-state index in [9.17, 15) is 4.79 Å². The van der Waals surface area contributed by atoms with Crippen LogP contribution in [0.2, 0.25) is 0 Å². The first-order valence-electron chi connectivity index (χ1n) is 6.95. The molecule has 0 aromatic carbocycles.